The highest BCUT2D eigenvalue weighted by Crippen LogP contribution is 2.35. The van der Waals surface area contributed by atoms with Gasteiger partial charge in [0.2, 0.25) is 0 Å². The number of rotatable bonds is 3. The topological polar surface area (TPSA) is 9.23 Å². The van der Waals surface area contributed by atoms with Crippen LogP contribution in [-0.2, 0) is 6.61 Å². The van der Waals surface area contributed by atoms with Gasteiger partial charge in [0.25, 0.3) is 0 Å². The van der Waals surface area contributed by atoms with E-state index in [9.17, 15) is 0 Å². The highest BCUT2D eigenvalue weighted by molar-refractivity contribution is 6.18. The van der Waals surface area contributed by atoms with Gasteiger partial charge in [-0.1, -0.05) is 78.9 Å². The number of aryl methyl sites for hydroxylation is 1. The van der Waals surface area contributed by atoms with Gasteiger partial charge in [0.15, 0.2) is 0 Å². The summed E-state index contributed by atoms with van der Waals surface area (Å²) in [5, 5.41) is 7.53. The van der Waals surface area contributed by atoms with Crippen molar-refractivity contribution < 1.29 is 4.74 Å². The summed E-state index contributed by atoms with van der Waals surface area (Å²) < 4.78 is 6.22. The monoisotopic (exact) mass is 348 g/mol. The Kier molecular flexibility index (Phi) is 3.79. The number of hydrogen-bond donors (Lipinski definition) is 0. The fourth-order valence-corrected chi connectivity index (χ4v) is 3.88. The predicted octanol–water partition coefficient (Wildman–Crippen LogP) is 7.03. The molecule has 1 nitrogen and oxygen atoms in total. The third kappa shape index (κ3) is 2.72. The average molecular weight is 348 g/mol. The van der Waals surface area contributed by atoms with E-state index < -0.39 is 0 Å². The maximum Gasteiger partial charge on any atom is 0.127 e. The summed E-state index contributed by atoms with van der Waals surface area (Å²) in [6.07, 6.45) is 0. The predicted molar refractivity (Wildman–Crippen MR) is 114 cm³/mol. The highest BCUT2D eigenvalue weighted by atomic mass is 16.5. The zero-order valence-corrected chi connectivity index (χ0v) is 15.3. The number of benzene rings is 5. The molecule has 0 saturated heterocycles. The van der Waals surface area contributed by atoms with Gasteiger partial charge in [-0.05, 0) is 57.1 Å². The van der Waals surface area contributed by atoms with Crippen molar-refractivity contribution >= 4 is 32.3 Å². The van der Waals surface area contributed by atoms with E-state index in [1.54, 1.807) is 0 Å². The Balaban J connectivity index is 1.63. The van der Waals surface area contributed by atoms with E-state index in [4.69, 9.17) is 4.74 Å². The molecule has 0 aliphatic rings. The minimum atomic E-state index is 0.585. The van der Waals surface area contributed by atoms with Crippen molar-refractivity contribution in [3.8, 4) is 5.75 Å². The minimum Gasteiger partial charge on any atom is -0.488 e. The number of hydrogen-bond acceptors (Lipinski definition) is 1. The van der Waals surface area contributed by atoms with Crippen molar-refractivity contribution in [2.75, 3.05) is 0 Å². The van der Waals surface area contributed by atoms with E-state index >= 15 is 0 Å². The quantitative estimate of drug-likeness (QED) is 0.318. The summed E-state index contributed by atoms with van der Waals surface area (Å²) in [5.74, 6) is 0.936. The standard InChI is InChI=1S/C26H20O/c1-18-7-2-3-9-20(18)17-27-26-12-6-11-22-24-14-13-19-8-4-5-10-21(19)23(24)15-16-25(22)26/h2-16H,17H2,1H3. The molecule has 5 rings (SSSR count). The second-order valence-corrected chi connectivity index (χ2v) is 7.01. The van der Waals surface area contributed by atoms with E-state index in [0.717, 1.165) is 11.1 Å². The van der Waals surface area contributed by atoms with E-state index in [1.165, 1.54) is 38.1 Å². The van der Waals surface area contributed by atoms with Crippen LogP contribution in [0.1, 0.15) is 11.1 Å². The maximum absolute atomic E-state index is 6.22. The fourth-order valence-electron chi connectivity index (χ4n) is 3.88. The molecule has 27 heavy (non-hydrogen) atoms. The van der Waals surface area contributed by atoms with Crippen LogP contribution in [0.3, 0.4) is 0 Å². The summed E-state index contributed by atoms with van der Waals surface area (Å²) in [6, 6.07) is 32.1. The van der Waals surface area contributed by atoms with Gasteiger partial charge in [-0.15, -0.1) is 0 Å². The molecule has 0 aromatic heterocycles. The molecule has 0 aliphatic heterocycles. The van der Waals surface area contributed by atoms with Gasteiger partial charge in [0.1, 0.15) is 12.4 Å². The molecule has 0 bridgehead atoms. The van der Waals surface area contributed by atoms with Crippen molar-refractivity contribution in [3.63, 3.8) is 0 Å². The summed E-state index contributed by atoms with van der Waals surface area (Å²) >= 11 is 0. The fraction of sp³-hybridized carbons (Fsp3) is 0.0769. The van der Waals surface area contributed by atoms with Crippen LogP contribution < -0.4 is 4.74 Å². The van der Waals surface area contributed by atoms with E-state index in [-0.39, 0.29) is 0 Å². The summed E-state index contributed by atoms with van der Waals surface area (Å²) in [7, 11) is 0. The van der Waals surface area contributed by atoms with Crippen molar-refractivity contribution in [1.82, 2.24) is 0 Å². The van der Waals surface area contributed by atoms with Crippen LogP contribution in [0, 0.1) is 6.92 Å². The molecule has 5 aromatic rings. The summed E-state index contributed by atoms with van der Waals surface area (Å²) in [6.45, 7) is 2.71. The van der Waals surface area contributed by atoms with E-state index in [1.807, 2.05) is 0 Å². The summed E-state index contributed by atoms with van der Waals surface area (Å²) in [4.78, 5) is 0. The average Bonchev–Trinajstić information content (AvgIpc) is 2.72. The van der Waals surface area contributed by atoms with Crippen molar-refractivity contribution in [1.29, 1.82) is 0 Å². The van der Waals surface area contributed by atoms with Gasteiger partial charge in [0, 0.05) is 5.39 Å². The largest absolute Gasteiger partial charge is 0.488 e. The molecule has 0 spiro atoms. The molecular weight excluding hydrogens is 328 g/mol. The Bertz CT molecular complexity index is 1280. The van der Waals surface area contributed by atoms with Crippen molar-refractivity contribution in [3.05, 3.63) is 102 Å². The molecule has 5 aromatic carbocycles. The second-order valence-electron chi connectivity index (χ2n) is 7.01. The first kappa shape index (κ1) is 15.9. The molecule has 0 amide bonds. The smallest absolute Gasteiger partial charge is 0.127 e. The summed E-state index contributed by atoms with van der Waals surface area (Å²) in [5.41, 5.74) is 2.48. The first-order valence-electron chi connectivity index (χ1n) is 9.32. The van der Waals surface area contributed by atoms with Gasteiger partial charge < -0.3 is 4.74 Å². The van der Waals surface area contributed by atoms with Gasteiger partial charge in [-0.25, -0.2) is 0 Å². The lowest BCUT2D eigenvalue weighted by atomic mass is 9.97. The molecule has 0 fully saturated rings. The maximum atomic E-state index is 6.22. The van der Waals surface area contributed by atoms with E-state index in [2.05, 4.69) is 97.9 Å². The third-order valence-electron chi connectivity index (χ3n) is 5.39. The first-order chi connectivity index (χ1) is 13.3. The number of ether oxygens (including phenoxy) is 1. The normalized spacial score (nSPS) is 11.3. The lowest BCUT2D eigenvalue weighted by molar-refractivity contribution is 0.309. The lowest BCUT2D eigenvalue weighted by Crippen LogP contribution is -1.98. The molecule has 130 valence electrons. The van der Waals surface area contributed by atoms with Gasteiger partial charge in [-0.3, -0.25) is 0 Å². The Labute approximate surface area is 158 Å². The van der Waals surface area contributed by atoms with Crippen LogP contribution in [0.2, 0.25) is 0 Å². The molecule has 1 heteroatoms. The Morgan fingerprint density at radius 2 is 1.22 bits per heavy atom. The van der Waals surface area contributed by atoms with Gasteiger partial charge in [0.05, 0.1) is 0 Å². The second kappa shape index (κ2) is 6.44. The zero-order chi connectivity index (χ0) is 18.2. The van der Waals surface area contributed by atoms with Gasteiger partial charge >= 0.3 is 0 Å². The SMILES string of the molecule is Cc1ccccc1COc1cccc2c1ccc1c3ccccc3ccc21. The third-order valence-corrected chi connectivity index (χ3v) is 5.39. The zero-order valence-electron chi connectivity index (χ0n) is 15.3. The van der Waals surface area contributed by atoms with Crippen LogP contribution in [0.25, 0.3) is 32.3 Å². The van der Waals surface area contributed by atoms with Crippen LogP contribution in [0.15, 0.2) is 91.0 Å². The Hall–Kier alpha value is -3.32. The Morgan fingerprint density at radius 3 is 2.15 bits per heavy atom. The molecule has 0 saturated carbocycles. The lowest BCUT2D eigenvalue weighted by Gasteiger charge is -2.13. The van der Waals surface area contributed by atoms with Crippen LogP contribution in [0.5, 0.6) is 5.75 Å². The molecule has 0 atom stereocenters. The van der Waals surface area contributed by atoms with Crippen LogP contribution in [-0.4, -0.2) is 0 Å². The first-order valence-corrected chi connectivity index (χ1v) is 9.32. The molecule has 0 heterocycles. The molecule has 0 unspecified atom stereocenters. The minimum absolute atomic E-state index is 0.585. The molecular formula is C26H20O. The van der Waals surface area contributed by atoms with Crippen molar-refractivity contribution in [2.24, 2.45) is 0 Å². The van der Waals surface area contributed by atoms with Gasteiger partial charge in [-0.2, -0.15) is 0 Å². The number of fused-ring (bicyclic) bond motifs is 5. The Morgan fingerprint density at radius 1 is 0.556 bits per heavy atom. The van der Waals surface area contributed by atoms with E-state index in [0.29, 0.717) is 6.61 Å². The van der Waals surface area contributed by atoms with Crippen molar-refractivity contribution in [2.45, 2.75) is 13.5 Å². The van der Waals surface area contributed by atoms with Crippen LogP contribution in [0.4, 0.5) is 0 Å². The van der Waals surface area contributed by atoms with Crippen LogP contribution >= 0.6 is 0 Å². The molecule has 0 aliphatic carbocycles. The molecule has 0 N–H and O–H groups in total. The highest BCUT2D eigenvalue weighted by Gasteiger charge is 2.08. The molecule has 0 radical (unpaired) electrons.